The van der Waals surface area contributed by atoms with Crippen molar-refractivity contribution in [2.75, 3.05) is 0 Å². The smallest absolute Gasteiger partial charge is 0.269 e. The van der Waals surface area contributed by atoms with Gasteiger partial charge in [-0.1, -0.05) is 18.2 Å². The van der Waals surface area contributed by atoms with Gasteiger partial charge in [-0.25, -0.2) is 14.4 Å². The van der Waals surface area contributed by atoms with Crippen molar-refractivity contribution in [2.24, 2.45) is 4.99 Å². The molecule has 1 amide bonds. The number of carbonyl (C=O) groups excluding carboxylic acids is 1. The number of nitrogens with one attached hydrogen (secondary N) is 1. The Labute approximate surface area is 145 Å². The summed E-state index contributed by atoms with van der Waals surface area (Å²) in [5.74, 6) is -0.554. The Morgan fingerprint density at radius 3 is 2.64 bits per heavy atom. The van der Waals surface area contributed by atoms with Crippen molar-refractivity contribution in [1.29, 1.82) is 0 Å². The van der Waals surface area contributed by atoms with Gasteiger partial charge in [0.15, 0.2) is 0 Å². The van der Waals surface area contributed by atoms with Crippen molar-refractivity contribution >= 4 is 33.7 Å². The Bertz CT molecular complexity index is 1090. The SMILES string of the molecule is Cc1sc2nc(C3C=CC(=O)N=C3)[nH]c(=O)c2c1-c1ccc(F)cc1. The molecular formula is C18H12FN3O2S. The third kappa shape index (κ3) is 2.72. The second-order valence-corrected chi connectivity index (χ2v) is 6.88. The summed E-state index contributed by atoms with van der Waals surface area (Å²) in [7, 11) is 0. The van der Waals surface area contributed by atoms with Gasteiger partial charge < -0.3 is 4.98 Å². The lowest BCUT2D eigenvalue weighted by Gasteiger charge is -2.09. The van der Waals surface area contributed by atoms with E-state index in [1.165, 1.54) is 35.8 Å². The molecule has 0 saturated carbocycles. The maximum atomic E-state index is 13.2. The molecule has 1 aliphatic rings. The number of aromatic amines is 1. The summed E-state index contributed by atoms with van der Waals surface area (Å²) < 4.78 is 13.2. The highest BCUT2D eigenvalue weighted by molar-refractivity contribution is 7.19. The molecule has 1 N–H and O–H groups in total. The zero-order chi connectivity index (χ0) is 17.6. The van der Waals surface area contributed by atoms with Crippen molar-refractivity contribution < 1.29 is 9.18 Å². The Hall–Kier alpha value is -2.93. The van der Waals surface area contributed by atoms with Crippen LogP contribution in [-0.4, -0.2) is 22.1 Å². The van der Waals surface area contributed by atoms with Crippen molar-refractivity contribution in [1.82, 2.24) is 9.97 Å². The number of carbonyl (C=O) groups is 1. The Morgan fingerprint density at radius 2 is 1.96 bits per heavy atom. The number of fused-ring (bicyclic) bond motifs is 1. The average Bonchev–Trinajstić information content (AvgIpc) is 2.93. The topological polar surface area (TPSA) is 75.2 Å². The average molecular weight is 353 g/mol. The second kappa shape index (κ2) is 5.86. The molecular weight excluding hydrogens is 341 g/mol. The van der Waals surface area contributed by atoms with E-state index in [-0.39, 0.29) is 23.2 Å². The van der Waals surface area contributed by atoms with Gasteiger partial charge in [0, 0.05) is 22.7 Å². The van der Waals surface area contributed by atoms with Crippen LogP contribution in [0.3, 0.4) is 0 Å². The van der Waals surface area contributed by atoms with Gasteiger partial charge in [-0.05, 0) is 24.6 Å². The molecule has 7 heteroatoms. The lowest BCUT2D eigenvalue weighted by Crippen LogP contribution is -2.16. The van der Waals surface area contributed by atoms with Crippen LogP contribution in [-0.2, 0) is 4.79 Å². The maximum absolute atomic E-state index is 13.2. The summed E-state index contributed by atoms with van der Waals surface area (Å²) >= 11 is 1.41. The molecule has 2 aromatic heterocycles. The first-order valence-corrected chi connectivity index (χ1v) is 8.40. The van der Waals surface area contributed by atoms with Crippen LogP contribution >= 0.6 is 11.3 Å². The molecule has 1 unspecified atom stereocenters. The highest BCUT2D eigenvalue weighted by Gasteiger charge is 2.19. The standard InChI is InChI=1S/C18H12FN3O2S/c1-9-14(10-2-5-12(19)6-3-10)15-17(24)21-16(22-18(15)25-9)11-4-7-13(23)20-8-11/h2-8,11H,1H3,(H,21,22,24). The minimum absolute atomic E-state index is 0.262. The van der Waals surface area contributed by atoms with Crippen LogP contribution in [0.5, 0.6) is 0 Å². The number of H-pyrrole nitrogens is 1. The molecule has 4 rings (SSSR count). The summed E-state index contributed by atoms with van der Waals surface area (Å²) in [4.78, 5) is 36.4. The second-order valence-electron chi connectivity index (χ2n) is 5.67. The molecule has 124 valence electrons. The predicted molar refractivity (Wildman–Crippen MR) is 95.8 cm³/mol. The van der Waals surface area contributed by atoms with Gasteiger partial charge in [-0.2, -0.15) is 0 Å². The zero-order valence-electron chi connectivity index (χ0n) is 13.1. The van der Waals surface area contributed by atoms with E-state index in [0.717, 1.165) is 16.0 Å². The zero-order valence-corrected chi connectivity index (χ0v) is 13.9. The van der Waals surface area contributed by atoms with Gasteiger partial charge in [-0.15, -0.1) is 11.3 Å². The van der Waals surface area contributed by atoms with E-state index < -0.39 is 0 Å². The van der Waals surface area contributed by atoms with E-state index in [9.17, 15) is 14.0 Å². The van der Waals surface area contributed by atoms with Crippen LogP contribution in [0.25, 0.3) is 21.3 Å². The van der Waals surface area contributed by atoms with Gasteiger partial charge in [-0.3, -0.25) is 9.59 Å². The number of aliphatic imine (C=N–C) groups is 1. The first-order valence-electron chi connectivity index (χ1n) is 7.58. The number of amides is 1. The van der Waals surface area contributed by atoms with Crippen LogP contribution < -0.4 is 5.56 Å². The van der Waals surface area contributed by atoms with E-state index in [0.29, 0.717) is 16.0 Å². The molecule has 1 aliphatic heterocycles. The number of allylic oxidation sites excluding steroid dienone is 1. The van der Waals surface area contributed by atoms with Gasteiger partial charge in [0.1, 0.15) is 16.5 Å². The number of hydrogen-bond donors (Lipinski definition) is 1. The van der Waals surface area contributed by atoms with Crippen LogP contribution in [0.15, 0.2) is 46.2 Å². The van der Waals surface area contributed by atoms with E-state index >= 15 is 0 Å². The van der Waals surface area contributed by atoms with Crippen LogP contribution in [0, 0.1) is 12.7 Å². The van der Waals surface area contributed by atoms with E-state index in [4.69, 9.17) is 0 Å². The Kier molecular flexibility index (Phi) is 3.65. The molecule has 0 radical (unpaired) electrons. The van der Waals surface area contributed by atoms with E-state index in [1.807, 2.05) is 6.92 Å². The van der Waals surface area contributed by atoms with Crippen molar-refractivity contribution in [3.63, 3.8) is 0 Å². The Morgan fingerprint density at radius 1 is 1.20 bits per heavy atom. The van der Waals surface area contributed by atoms with Crippen molar-refractivity contribution in [2.45, 2.75) is 12.8 Å². The molecule has 1 atom stereocenters. The van der Waals surface area contributed by atoms with Crippen LogP contribution in [0.4, 0.5) is 4.39 Å². The highest BCUT2D eigenvalue weighted by atomic mass is 32.1. The monoisotopic (exact) mass is 353 g/mol. The van der Waals surface area contributed by atoms with Crippen LogP contribution in [0.1, 0.15) is 16.6 Å². The van der Waals surface area contributed by atoms with Gasteiger partial charge in [0.05, 0.1) is 11.3 Å². The fraction of sp³-hybridized carbons (Fsp3) is 0.111. The number of aromatic nitrogens is 2. The lowest BCUT2D eigenvalue weighted by atomic mass is 10.0. The minimum Gasteiger partial charge on any atom is -0.309 e. The van der Waals surface area contributed by atoms with E-state index in [1.54, 1.807) is 18.2 Å². The number of benzene rings is 1. The number of rotatable bonds is 2. The first kappa shape index (κ1) is 15.6. The highest BCUT2D eigenvalue weighted by Crippen LogP contribution is 2.35. The molecule has 5 nitrogen and oxygen atoms in total. The molecule has 3 heterocycles. The van der Waals surface area contributed by atoms with Gasteiger partial charge in [0.2, 0.25) is 0 Å². The maximum Gasteiger partial charge on any atom is 0.269 e. The minimum atomic E-state index is -0.341. The van der Waals surface area contributed by atoms with E-state index in [2.05, 4.69) is 15.0 Å². The molecule has 1 aromatic carbocycles. The molecule has 25 heavy (non-hydrogen) atoms. The van der Waals surface area contributed by atoms with Crippen molar-refractivity contribution in [3.8, 4) is 11.1 Å². The number of hydrogen-bond acceptors (Lipinski definition) is 4. The molecule has 0 aliphatic carbocycles. The number of aryl methyl sites for hydroxylation is 1. The summed E-state index contributed by atoms with van der Waals surface area (Å²) in [5.41, 5.74) is 1.28. The van der Waals surface area contributed by atoms with Crippen molar-refractivity contribution in [3.05, 3.63) is 63.3 Å². The van der Waals surface area contributed by atoms with Gasteiger partial charge in [0.25, 0.3) is 11.5 Å². The number of halogens is 1. The predicted octanol–water partition coefficient (Wildman–Crippen LogP) is 3.35. The lowest BCUT2D eigenvalue weighted by molar-refractivity contribution is -0.113. The summed E-state index contributed by atoms with van der Waals surface area (Å²) in [5, 5.41) is 0.491. The molecule has 0 fully saturated rings. The third-order valence-electron chi connectivity index (χ3n) is 4.01. The quantitative estimate of drug-likeness (QED) is 0.768. The van der Waals surface area contributed by atoms with Gasteiger partial charge >= 0.3 is 0 Å². The number of thiophene rings is 1. The summed E-state index contributed by atoms with van der Waals surface area (Å²) in [6.45, 7) is 1.91. The summed E-state index contributed by atoms with van der Waals surface area (Å²) in [6, 6.07) is 6.04. The van der Waals surface area contributed by atoms with Crippen LogP contribution in [0.2, 0.25) is 0 Å². The first-order chi connectivity index (χ1) is 12.0. The molecule has 3 aromatic rings. The molecule has 0 saturated heterocycles. The normalized spacial score (nSPS) is 16.7. The molecule has 0 spiro atoms. The number of nitrogens with zero attached hydrogens (tertiary/aromatic N) is 2. The Balaban J connectivity index is 1.88. The summed E-state index contributed by atoms with van der Waals surface area (Å²) in [6.07, 6.45) is 4.48. The molecule has 0 bridgehead atoms. The fourth-order valence-electron chi connectivity index (χ4n) is 2.85. The fourth-order valence-corrected chi connectivity index (χ4v) is 3.90. The third-order valence-corrected chi connectivity index (χ3v) is 5.01. The largest absolute Gasteiger partial charge is 0.309 e. The number of dihydropyridines is 1.